The van der Waals surface area contributed by atoms with Gasteiger partial charge in [0.1, 0.15) is 0 Å². The molecule has 19 heavy (non-hydrogen) atoms. The van der Waals surface area contributed by atoms with E-state index in [1.807, 2.05) is 12.3 Å². The molecule has 1 aromatic heterocycles. The van der Waals surface area contributed by atoms with Crippen LogP contribution in [0, 0.1) is 0 Å². The van der Waals surface area contributed by atoms with Crippen molar-refractivity contribution in [3.63, 3.8) is 0 Å². The number of thiazole rings is 1. The van der Waals surface area contributed by atoms with Gasteiger partial charge >= 0.3 is 6.18 Å². The summed E-state index contributed by atoms with van der Waals surface area (Å²) in [6, 6.07) is 5.14. The molecular weight excluding hydrogens is 273 g/mol. The molecule has 102 valence electrons. The Kier molecular flexibility index (Phi) is 4.09. The van der Waals surface area contributed by atoms with Gasteiger partial charge in [0.25, 0.3) is 0 Å². The number of nitrogens with one attached hydrogen (secondary N) is 1. The van der Waals surface area contributed by atoms with Gasteiger partial charge in [-0.3, -0.25) is 0 Å². The van der Waals surface area contributed by atoms with Crippen LogP contribution in [0.2, 0.25) is 0 Å². The molecule has 2 rings (SSSR count). The first-order valence-electron chi connectivity index (χ1n) is 5.83. The molecule has 0 aliphatic rings. The summed E-state index contributed by atoms with van der Waals surface area (Å²) in [4.78, 5) is 4.33. The van der Waals surface area contributed by atoms with Gasteiger partial charge in [-0.15, -0.1) is 11.3 Å². The van der Waals surface area contributed by atoms with Crippen LogP contribution in [0.5, 0.6) is 0 Å². The third kappa shape index (κ3) is 3.70. The van der Waals surface area contributed by atoms with E-state index in [4.69, 9.17) is 0 Å². The van der Waals surface area contributed by atoms with E-state index in [-0.39, 0.29) is 0 Å². The molecule has 1 heterocycles. The number of alkyl halides is 3. The predicted molar refractivity (Wildman–Crippen MR) is 70.3 cm³/mol. The second-order valence-corrected chi connectivity index (χ2v) is 4.90. The topological polar surface area (TPSA) is 24.9 Å². The fourth-order valence-electron chi connectivity index (χ4n) is 1.54. The maximum atomic E-state index is 12.4. The van der Waals surface area contributed by atoms with Crippen LogP contribution in [-0.2, 0) is 19.1 Å². The van der Waals surface area contributed by atoms with Crippen molar-refractivity contribution < 1.29 is 13.2 Å². The lowest BCUT2D eigenvalue weighted by Gasteiger charge is -2.08. The number of benzene rings is 1. The molecule has 0 saturated carbocycles. The molecular formula is C13H13F3N2S. The first-order valence-corrected chi connectivity index (χ1v) is 6.71. The minimum absolute atomic E-state index is 0.467. The van der Waals surface area contributed by atoms with Crippen molar-refractivity contribution in [3.05, 3.63) is 46.5 Å². The van der Waals surface area contributed by atoms with Gasteiger partial charge in [0.05, 0.1) is 11.3 Å². The van der Waals surface area contributed by atoms with E-state index in [9.17, 15) is 13.2 Å². The number of nitrogens with zero attached hydrogens (tertiary/aromatic N) is 1. The number of hydrogen-bond acceptors (Lipinski definition) is 3. The van der Waals surface area contributed by atoms with Crippen molar-refractivity contribution in [2.45, 2.75) is 26.1 Å². The summed E-state index contributed by atoms with van der Waals surface area (Å²) < 4.78 is 37.2. The number of aromatic nitrogens is 1. The largest absolute Gasteiger partial charge is 0.416 e. The maximum absolute atomic E-state index is 12.4. The molecule has 0 aliphatic heterocycles. The Bertz CT molecular complexity index is 532. The van der Waals surface area contributed by atoms with E-state index < -0.39 is 11.7 Å². The van der Waals surface area contributed by atoms with Crippen LogP contribution in [0.1, 0.15) is 23.7 Å². The second kappa shape index (κ2) is 5.61. The molecule has 0 aliphatic carbocycles. The maximum Gasteiger partial charge on any atom is 0.416 e. The molecule has 0 saturated heterocycles. The van der Waals surface area contributed by atoms with E-state index >= 15 is 0 Å². The van der Waals surface area contributed by atoms with E-state index in [2.05, 4.69) is 10.3 Å². The molecule has 6 heteroatoms. The standard InChI is InChI=1S/C13H13F3N2S/c1-2-11-8-19-12(18-11)17-7-9-3-5-10(6-4-9)13(14,15)16/h3-6,8H,2,7H2,1H3,(H,17,18). The van der Waals surface area contributed by atoms with Crippen LogP contribution in [0.25, 0.3) is 0 Å². The highest BCUT2D eigenvalue weighted by Gasteiger charge is 2.29. The van der Waals surface area contributed by atoms with E-state index in [0.29, 0.717) is 6.54 Å². The van der Waals surface area contributed by atoms with E-state index in [0.717, 1.165) is 34.9 Å². The Hall–Kier alpha value is -1.56. The van der Waals surface area contributed by atoms with Gasteiger partial charge in [-0.05, 0) is 24.1 Å². The Balaban J connectivity index is 1.96. The first kappa shape index (κ1) is 13.9. The van der Waals surface area contributed by atoms with Gasteiger partial charge in [0.15, 0.2) is 5.13 Å². The SMILES string of the molecule is CCc1csc(NCc2ccc(C(F)(F)F)cc2)n1. The van der Waals surface area contributed by atoms with Gasteiger partial charge in [-0.25, -0.2) is 4.98 Å². The lowest BCUT2D eigenvalue weighted by atomic mass is 10.1. The van der Waals surface area contributed by atoms with Gasteiger partial charge in [-0.2, -0.15) is 13.2 Å². The van der Waals surface area contributed by atoms with Crippen molar-refractivity contribution >= 4 is 16.5 Å². The fourth-order valence-corrected chi connectivity index (χ4v) is 2.33. The van der Waals surface area contributed by atoms with Crippen molar-refractivity contribution in [2.75, 3.05) is 5.32 Å². The Morgan fingerprint density at radius 2 is 1.89 bits per heavy atom. The highest BCUT2D eigenvalue weighted by atomic mass is 32.1. The Morgan fingerprint density at radius 3 is 2.42 bits per heavy atom. The summed E-state index contributed by atoms with van der Waals surface area (Å²) in [5, 5.41) is 5.86. The van der Waals surface area contributed by atoms with Crippen LogP contribution >= 0.6 is 11.3 Å². The second-order valence-electron chi connectivity index (χ2n) is 4.05. The van der Waals surface area contributed by atoms with Crippen LogP contribution in [-0.4, -0.2) is 4.98 Å². The fraction of sp³-hybridized carbons (Fsp3) is 0.308. The molecule has 0 amide bonds. The summed E-state index contributed by atoms with van der Waals surface area (Å²) >= 11 is 1.50. The average molecular weight is 286 g/mol. The monoisotopic (exact) mass is 286 g/mol. The van der Waals surface area contributed by atoms with Gasteiger partial charge in [-0.1, -0.05) is 19.1 Å². The number of rotatable bonds is 4. The van der Waals surface area contributed by atoms with Gasteiger partial charge in [0.2, 0.25) is 0 Å². The van der Waals surface area contributed by atoms with Crippen molar-refractivity contribution in [3.8, 4) is 0 Å². The number of halogens is 3. The first-order chi connectivity index (χ1) is 8.99. The zero-order valence-corrected chi connectivity index (χ0v) is 11.1. The number of anilines is 1. The molecule has 0 radical (unpaired) electrons. The summed E-state index contributed by atoms with van der Waals surface area (Å²) in [6.45, 7) is 2.49. The van der Waals surface area contributed by atoms with Crippen LogP contribution in [0.4, 0.5) is 18.3 Å². The van der Waals surface area contributed by atoms with Crippen LogP contribution in [0.15, 0.2) is 29.6 Å². The lowest BCUT2D eigenvalue weighted by Crippen LogP contribution is -2.05. The van der Waals surface area contributed by atoms with Crippen molar-refractivity contribution in [2.24, 2.45) is 0 Å². The number of aryl methyl sites for hydroxylation is 1. The quantitative estimate of drug-likeness (QED) is 0.904. The molecule has 0 spiro atoms. The highest BCUT2D eigenvalue weighted by Crippen LogP contribution is 2.29. The average Bonchev–Trinajstić information content (AvgIpc) is 2.84. The Morgan fingerprint density at radius 1 is 1.21 bits per heavy atom. The third-order valence-electron chi connectivity index (χ3n) is 2.64. The molecule has 1 aromatic carbocycles. The summed E-state index contributed by atoms with van der Waals surface area (Å²) in [5.74, 6) is 0. The molecule has 0 bridgehead atoms. The predicted octanol–water partition coefficient (Wildman–Crippen LogP) is 4.34. The highest BCUT2D eigenvalue weighted by molar-refractivity contribution is 7.13. The summed E-state index contributed by atoms with van der Waals surface area (Å²) in [7, 11) is 0. The van der Waals surface area contributed by atoms with E-state index in [1.165, 1.54) is 23.5 Å². The molecule has 0 atom stereocenters. The van der Waals surface area contributed by atoms with Crippen molar-refractivity contribution in [1.82, 2.24) is 4.98 Å². The van der Waals surface area contributed by atoms with Gasteiger partial charge in [0, 0.05) is 11.9 Å². The molecule has 0 fully saturated rings. The van der Waals surface area contributed by atoms with Gasteiger partial charge < -0.3 is 5.32 Å². The zero-order valence-electron chi connectivity index (χ0n) is 10.3. The molecule has 0 unspecified atom stereocenters. The van der Waals surface area contributed by atoms with Crippen molar-refractivity contribution in [1.29, 1.82) is 0 Å². The molecule has 1 N–H and O–H groups in total. The third-order valence-corrected chi connectivity index (χ3v) is 3.49. The number of hydrogen-bond donors (Lipinski definition) is 1. The minimum Gasteiger partial charge on any atom is -0.357 e. The lowest BCUT2D eigenvalue weighted by molar-refractivity contribution is -0.137. The molecule has 2 aromatic rings. The zero-order chi connectivity index (χ0) is 13.9. The minimum atomic E-state index is -4.28. The molecule has 2 nitrogen and oxygen atoms in total. The van der Waals surface area contributed by atoms with E-state index in [1.54, 1.807) is 0 Å². The van der Waals surface area contributed by atoms with Crippen LogP contribution in [0.3, 0.4) is 0 Å². The Labute approximate surface area is 113 Å². The smallest absolute Gasteiger partial charge is 0.357 e. The normalized spacial score (nSPS) is 11.6. The summed E-state index contributed by atoms with van der Waals surface area (Å²) in [6.07, 6.45) is -3.41. The summed E-state index contributed by atoms with van der Waals surface area (Å²) in [5.41, 5.74) is 1.18. The van der Waals surface area contributed by atoms with Crippen LogP contribution < -0.4 is 5.32 Å².